The van der Waals surface area contributed by atoms with Gasteiger partial charge in [-0.15, -0.1) is 0 Å². The molecule has 24 heavy (non-hydrogen) atoms. The van der Waals surface area contributed by atoms with Gasteiger partial charge in [0.1, 0.15) is 5.75 Å². The Morgan fingerprint density at radius 2 is 1.42 bits per heavy atom. The number of hydrogen-bond acceptors (Lipinski definition) is 2. The van der Waals surface area contributed by atoms with Crippen molar-refractivity contribution in [2.24, 2.45) is 0 Å². The molecule has 0 bridgehead atoms. The highest BCUT2D eigenvalue weighted by Crippen LogP contribution is 2.28. The van der Waals surface area contributed by atoms with E-state index in [4.69, 9.17) is 4.74 Å². The topological polar surface area (TPSA) is 21.3 Å². The molecule has 2 nitrogen and oxygen atoms in total. The van der Waals surface area contributed by atoms with Crippen LogP contribution in [0.5, 0.6) is 5.75 Å². The van der Waals surface area contributed by atoms with Gasteiger partial charge in [0, 0.05) is 5.69 Å². The number of hydrogen-bond donors (Lipinski definition) is 1. The van der Waals surface area contributed by atoms with Crippen molar-refractivity contribution in [1.82, 2.24) is 0 Å². The van der Waals surface area contributed by atoms with Crippen LogP contribution in [-0.4, -0.2) is 6.61 Å². The van der Waals surface area contributed by atoms with Crippen LogP contribution in [0.1, 0.15) is 24.8 Å². The molecule has 3 rings (SSSR count). The van der Waals surface area contributed by atoms with Crippen LogP contribution in [0, 0.1) is 0 Å². The largest absolute Gasteiger partial charge is 0.491 e. The van der Waals surface area contributed by atoms with Crippen molar-refractivity contribution < 1.29 is 4.74 Å². The van der Waals surface area contributed by atoms with E-state index in [0.717, 1.165) is 23.5 Å². The van der Waals surface area contributed by atoms with Crippen LogP contribution < -0.4 is 10.1 Å². The minimum absolute atomic E-state index is 0.487. The van der Waals surface area contributed by atoms with Gasteiger partial charge in [0.2, 0.25) is 0 Å². The highest BCUT2D eigenvalue weighted by molar-refractivity contribution is 5.65. The molecule has 0 radical (unpaired) electrons. The Morgan fingerprint density at radius 1 is 0.792 bits per heavy atom. The monoisotopic (exact) mass is 317 g/mol. The normalized spacial score (nSPS) is 11.7. The van der Waals surface area contributed by atoms with E-state index in [9.17, 15) is 0 Å². The molecule has 0 saturated carbocycles. The zero-order valence-electron chi connectivity index (χ0n) is 14.0. The lowest BCUT2D eigenvalue weighted by molar-refractivity contribution is 0.302. The van der Waals surface area contributed by atoms with Gasteiger partial charge in [-0.3, -0.25) is 0 Å². The Bertz CT molecular complexity index is 740. The third-order valence-electron chi connectivity index (χ3n) is 4.12. The summed E-state index contributed by atoms with van der Waals surface area (Å²) in [6, 6.07) is 28.8. The smallest absolute Gasteiger partial charge is 0.142 e. The third kappa shape index (κ3) is 4.39. The summed E-state index contributed by atoms with van der Waals surface area (Å²) >= 11 is 0. The molecule has 0 heterocycles. The molecule has 1 unspecified atom stereocenters. The van der Waals surface area contributed by atoms with Gasteiger partial charge in [-0.25, -0.2) is 0 Å². The summed E-state index contributed by atoms with van der Waals surface area (Å²) in [4.78, 5) is 0. The molecule has 1 atom stereocenters. The molecule has 3 aromatic carbocycles. The minimum atomic E-state index is 0.487. The number of nitrogens with one attached hydrogen (secondary N) is 1. The Morgan fingerprint density at radius 3 is 2.17 bits per heavy atom. The molecular formula is C22H23NO. The van der Waals surface area contributed by atoms with E-state index in [1.807, 2.05) is 54.6 Å². The summed E-state index contributed by atoms with van der Waals surface area (Å²) < 4.78 is 6.04. The molecule has 0 aliphatic heterocycles. The molecule has 122 valence electrons. The van der Waals surface area contributed by atoms with E-state index in [0.29, 0.717) is 12.5 Å². The van der Waals surface area contributed by atoms with Crippen molar-refractivity contribution in [3.8, 4) is 5.75 Å². The van der Waals surface area contributed by atoms with Crippen molar-refractivity contribution in [2.75, 3.05) is 11.9 Å². The van der Waals surface area contributed by atoms with E-state index < -0.39 is 0 Å². The molecule has 0 aliphatic rings. The van der Waals surface area contributed by atoms with Crippen LogP contribution in [-0.2, 0) is 0 Å². The van der Waals surface area contributed by atoms with Crippen molar-refractivity contribution in [3.05, 3.63) is 90.5 Å². The first-order chi connectivity index (χ1) is 11.8. The van der Waals surface area contributed by atoms with Gasteiger partial charge in [0.25, 0.3) is 0 Å². The summed E-state index contributed by atoms with van der Waals surface area (Å²) in [6.07, 6.45) is 0.990. The van der Waals surface area contributed by atoms with Crippen molar-refractivity contribution in [3.63, 3.8) is 0 Å². The van der Waals surface area contributed by atoms with Gasteiger partial charge in [0.05, 0.1) is 12.3 Å². The van der Waals surface area contributed by atoms with Crippen LogP contribution in [0.2, 0.25) is 0 Å². The first-order valence-corrected chi connectivity index (χ1v) is 8.42. The summed E-state index contributed by atoms with van der Waals surface area (Å²) in [5, 5.41) is 3.42. The number of ether oxygens (including phenoxy) is 1. The molecular weight excluding hydrogens is 294 g/mol. The second kappa shape index (κ2) is 8.21. The zero-order valence-corrected chi connectivity index (χ0v) is 14.0. The highest BCUT2D eigenvalue weighted by atomic mass is 16.5. The number of anilines is 2. The summed E-state index contributed by atoms with van der Waals surface area (Å²) in [7, 11) is 0. The fourth-order valence-electron chi connectivity index (χ4n) is 2.67. The maximum absolute atomic E-state index is 6.04. The molecule has 2 heteroatoms. The summed E-state index contributed by atoms with van der Waals surface area (Å²) in [5.74, 6) is 1.38. The van der Waals surface area contributed by atoms with E-state index in [-0.39, 0.29) is 0 Å². The quantitative estimate of drug-likeness (QED) is 0.577. The van der Waals surface area contributed by atoms with E-state index in [2.05, 4.69) is 42.6 Å². The number of rotatable bonds is 7. The van der Waals surface area contributed by atoms with Crippen LogP contribution in [0.4, 0.5) is 11.4 Å². The third-order valence-corrected chi connectivity index (χ3v) is 4.12. The number of benzene rings is 3. The average molecular weight is 317 g/mol. The maximum Gasteiger partial charge on any atom is 0.142 e. The van der Waals surface area contributed by atoms with Gasteiger partial charge < -0.3 is 10.1 Å². The van der Waals surface area contributed by atoms with E-state index >= 15 is 0 Å². The summed E-state index contributed by atoms with van der Waals surface area (Å²) in [5.41, 5.74) is 3.42. The van der Waals surface area contributed by atoms with Gasteiger partial charge in [0.15, 0.2) is 0 Å². The Balaban J connectivity index is 1.59. The van der Waals surface area contributed by atoms with Gasteiger partial charge in [-0.1, -0.05) is 67.6 Å². The van der Waals surface area contributed by atoms with Crippen LogP contribution in [0.3, 0.4) is 0 Å². The fraction of sp³-hybridized carbons (Fsp3) is 0.182. The van der Waals surface area contributed by atoms with E-state index in [1.54, 1.807) is 0 Å². The minimum Gasteiger partial charge on any atom is -0.491 e. The van der Waals surface area contributed by atoms with Crippen LogP contribution >= 0.6 is 0 Å². The molecule has 0 spiro atoms. The van der Waals surface area contributed by atoms with Crippen LogP contribution in [0.25, 0.3) is 0 Å². The Hall–Kier alpha value is -2.74. The van der Waals surface area contributed by atoms with Crippen LogP contribution in [0.15, 0.2) is 84.9 Å². The van der Waals surface area contributed by atoms with Crippen molar-refractivity contribution in [2.45, 2.75) is 19.3 Å². The number of para-hydroxylation sites is 3. The van der Waals surface area contributed by atoms with Gasteiger partial charge in [-0.05, 0) is 42.2 Å². The maximum atomic E-state index is 6.04. The standard InChI is InChI=1S/C22H23NO/c1-18(19-10-4-2-5-11-19)16-17-24-22-15-9-8-14-21(22)23-20-12-6-3-7-13-20/h2-15,18,23H,16-17H2,1H3. The van der Waals surface area contributed by atoms with Crippen molar-refractivity contribution in [1.29, 1.82) is 0 Å². The summed E-state index contributed by atoms with van der Waals surface area (Å²) in [6.45, 7) is 2.94. The fourth-order valence-corrected chi connectivity index (χ4v) is 2.67. The second-order valence-electron chi connectivity index (χ2n) is 5.94. The predicted molar refractivity (Wildman–Crippen MR) is 101 cm³/mol. The van der Waals surface area contributed by atoms with Crippen molar-refractivity contribution >= 4 is 11.4 Å². The molecule has 3 aromatic rings. The lowest BCUT2D eigenvalue weighted by Crippen LogP contribution is -2.04. The molecule has 0 aromatic heterocycles. The lowest BCUT2D eigenvalue weighted by Gasteiger charge is -2.15. The lowest BCUT2D eigenvalue weighted by atomic mass is 9.98. The zero-order chi connectivity index (χ0) is 16.6. The van der Waals surface area contributed by atoms with Gasteiger partial charge >= 0.3 is 0 Å². The highest BCUT2D eigenvalue weighted by Gasteiger charge is 2.07. The molecule has 0 saturated heterocycles. The molecule has 0 fully saturated rings. The molecule has 1 N–H and O–H groups in total. The average Bonchev–Trinajstić information content (AvgIpc) is 2.64. The first-order valence-electron chi connectivity index (χ1n) is 8.42. The first kappa shape index (κ1) is 16.1. The van der Waals surface area contributed by atoms with E-state index in [1.165, 1.54) is 5.56 Å². The second-order valence-corrected chi connectivity index (χ2v) is 5.94. The SMILES string of the molecule is CC(CCOc1ccccc1Nc1ccccc1)c1ccccc1. The predicted octanol–water partition coefficient (Wildman–Crippen LogP) is 6.00. The molecule has 0 aliphatic carbocycles. The molecule has 0 amide bonds. The van der Waals surface area contributed by atoms with Gasteiger partial charge in [-0.2, -0.15) is 0 Å². The Kier molecular flexibility index (Phi) is 5.52. The Labute approximate surface area is 144 Å².